The molecule has 0 aliphatic carbocycles. The van der Waals surface area contributed by atoms with E-state index in [4.69, 9.17) is 4.74 Å². The predicted octanol–water partition coefficient (Wildman–Crippen LogP) is 2.11. The summed E-state index contributed by atoms with van der Waals surface area (Å²) >= 11 is 0. The van der Waals surface area contributed by atoms with Crippen molar-refractivity contribution in [1.82, 2.24) is 10.2 Å². The quantitative estimate of drug-likeness (QED) is 0.768. The summed E-state index contributed by atoms with van der Waals surface area (Å²) in [4.78, 5) is 41.7. The molecular weight excluding hydrogens is 398 g/mol. The van der Waals surface area contributed by atoms with E-state index in [2.05, 4.69) is 27.7 Å². The van der Waals surface area contributed by atoms with Crippen molar-refractivity contribution in [1.29, 1.82) is 0 Å². The minimum Gasteiger partial charge on any atom is -0.447 e. The lowest BCUT2D eigenvalue weighted by Gasteiger charge is -2.36. The third-order valence-corrected chi connectivity index (χ3v) is 5.35. The molecule has 0 aromatic heterocycles. The number of hydrogen-bond acceptors (Lipinski definition) is 5. The number of carbonyl (C=O) groups excluding carboxylic acids is 3. The third-order valence-electron chi connectivity index (χ3n) is 5.35. The number of urea groups is 1. The van der Waals surface area contributed by atoms with E-state index >= 15 is 0 Å². The zero-order valence-electron chi connectivity index (χ0n) is 17.1. The molecule has 0 radical (unpaired) electrons. The van der Waals surface area contributed by atoms with Gasteiger partial charge in [0.05, 0.1) is 13.1 Å². The van der Waals surface area contributed by atoms with Crippen LogP contribution in [0.1, 0.15) is 0 Å². The van der Waals surface area contributed by atoms with Gasteiger partial charge in [0.2, 0.25) is 5.91 Å². The lowest BCUT2D eigenvalue weighted by molar-refractivity contribution is -0.130. The molecule has 0 atom stereocenters. The molecule has 2 aromatic rings. The highest BCUT2D eigenvalue weighted by atomic mass is 16.6. The summed E-state index contributed by atoms with van der Waals surface area (Å²) in [6.07, 6.45) is -0.374. The van der Waals surface area contributed by atoms with E-state index in [0.717, 1.165) is 18.8 Å². The van der Waals surface area contributed by atoms with Crippen molar-refractivity contribution >= 4 is 35.1 Å². The van der Waals surface area contributed by atoms with Crippen LogP contribution in [0.3, 0.4) is 0 Å². The maximum atomic E-state index is 12.4. The van der Waals surface area contributed by atoms with Crippen molar-refractivity contribution < 1.29 is 19.1 Å². The number of hydrogen-bond donors (Lipinski definition) is 2. The van der Waals surface area contributed by atoms with Gasteiger partial charge in [-0.3, -0.25) is 9.69 Å². The molecule has 2 N–H and O–H groups in total. The highest BCUT2D eigenvalue weighted by Crippen LogP contribution is 2.21. The molecule has 0 spiro atoms. The Labute approximate surface area is 180 Å². The van der Waals surface area contributed by atoms with E-state index in [1.54, 1.807) is 29.2 Å². The smallest absolute Gasteiger partial charge is 0.414 e. The summed E-state index contributed by atoms with van der Waals surface area (Å²) in [7, 11) is 0. The molecule has 162 valence electrons. The molecule has 2 heterocycles. The Morgan fingerprint density at radius 1 is 0.871 bits per heavy atom. The standard InChI is InChI=1S/C22H25N5O4/c28-20(26-12-10-25(11-13-26)18-4-2-1-3-5-18)16-23-21(29)24-17-6-8-19(9-7-17)27-14-15-31-22(27)30/h1-9H,10-16H2,(H2,23,24,29). The van der Waals surface area contributed by atoms with Crippen LogP contribution in [0, 0.1) is 0 Å². The number of nitrogens with one attached hydrogen (secondary N) is 2. The number of para-hydroxylation sites is 1. The van der Waals surface area contributed by atoms with E-state index < -0.39 is 6.03 Å². The Hall–Kier alpha value is -3.75. The highest BCUT2D eigenvalue weighted by molar-refractivity contribution is 5.93. The van der Waals surface area contributed by atoms with Gasteiger partial charge >= 0.3 is 12.1 Å². The van der Waals surface area contributed by atoms with Gasteiger partial charge in [0, 0.05) is 43.2 Å². The molecule has 4 rings (SSSR count). The number of ether oxygens (including phenoxy) is 1. The summed E-state index contributed by atoms with van der Waals surface area (Å²) in [6, 6.07) is 16.5. The van der Waals surface area contributed by atoms with Gasteiger partial charge in [0.1, 0.15) is 6.61 Å². The second-order valence-corrected chi connectivity index (χ2v) is 7.32. The van der Waals surface area contributed by atoms with E-state index in [-0.39, 0.29) is 18.5 Å². The molecule has 2 aliphatic rings. The maximum Gasteiger partial charge on any atom is 0.414 e. The SMILES string of the molecule is O=C(NCC(=O)N1CCN(c2ccccc2)CC1)Nc1ccc(N2CCOC2=O)cc1. The van der Waals surface area contributed by atoms with Crippen molar-refractivity contribution in [3.8, 4) is 0 Å². The van der Waals surface area contributed by atoms with Crippen molar-refractivity contribution in [2.75, 3.05) is 61.0 Å². The summed E-state index contributed by atoms with van der Waals surface area (Å²) in [5.41, 5.74) is 2.43. The van der Waals surface area contributed by atoms with Crippen LogP contribution in [0.25, 0.3) is 0 Å². The van der Waals surface area contributed by atoms with Gasteiger partial charge in [-0.25, -0.2) is 9.59 Å². The Kier molecular flexibility index (Phi) is 6.21. The number of nitrogens with zero attached hydrogens (tertiary/aromatic N) is 3. The van der Waals surface area contributed by atoms with Crippen molar-refractivity contribution in [2.24, 2.45) is 0 Å². The minimum absolute atomic E-state index is 0.0606. The Balaban J connectivity index is 1.20. The van der Waals surface area contributed by atoms with Crippen LogP contribution in [0.2, 0.25) is 0 Å². The molecule has 9 heteroatoms. The average Bonchev–Trinajstić information content (AvgIpc) is 3.24. The Bertz CT molecular complexity index is 927. The molecule has 2 aromatic carbocycles. The number of anilines is 3. The number of cyclic esters (lactones) is 1. The van der Waals surface area contributed by atoms with Crippen LogP contribution >= 0.6 is 0 Å². The van der Waals surface area contributed by atoms with E-state index in [9.17, 15) is 14.4 Å². The fourth-order valence-electron chi connectivity index (χ4n) is 3.65. The molecule has 2 aliphatic heterocycles. The summed E-state index contributed by atoms with van der Waals surface area (Å²) in [5.74, 6) is -0.106. The molecule has 2 saturated heterocycles. The molecule has 31 heavy (non-hydrogen) atoms. The predicted molar refractivity (Wildman–Crippen MR) is 117 cm³/mol. The van der Waals surface area contributed by atoms with Gasteiger partial charge in [-0.2, -0.15) is 0 Å². The van der Waals surface area contributed by atoms with Gasteiger partial charge in [-0.15, -0.1) is 0 Å². The highest BCUT2D eigenvalue weighted by Gasteiger charge is 2.23. The molecule has 4 amide bonds. The van der Waals surface area contributed by atoms with E-state index in [1.165, 1.54) is 4.90 Å². The topological polar surface area (TPSA) is 94.2 Å². The summed E-state index contributed by atoms with van der Waals surface area (Å²) < 4.78 is 4.92. The number of rotatable bonds is 5. The number of benzene rings is 2. The first-order valence-electron chi connectivity index (χ1n) is 10.3. The Morgan fingerprint density at radius 2 is 1.58 bits per heavy atom. The van der Waals surface area contributed by atoms with Crippen LogP contribution in [0.5, 0.6) is 0 Å². The van der Waals surface area contributed by atoms with Crippen LogP contribution in [0.4, 0.5) is 26.7 Å². The van der Waals surface area contributed by atoms with Crippen molar-refractivity contribution in [2.45, 2.75) is 0 Å². The zero-order valence-corrected chi connectivity index (χ0v) is 17.1. The van der Waals surface area contributed by atoms with Gasteiger partial charge < -0.3 is 25.2 Å². The average molecular weight is 423 g/mol. The second-order valence-electron chi connectivity index (χ2n) is 7.32. The van der Waals surface area contributed by atoms with Crippen molar-refractivity contribution in [3.05, 3.63) is 54.6 Å². The molecule has 9 nitrogen and oxygen atoms in total. The van der Waals surface area contributed by atoms with Gasteiger partial charge in [-0.05, 0) is 36.4 Å². The number of carbonyl (C=O) groups is 3. The van der Waals surface area contributed by atoms with Gasteiger partial charge in [-0.1, -0.05) is 18.2 Å². The van der Waals surface area contributed by atoms with E-state index in [1.807, 2.05) is 18.2 Å². The molecular formula is C22H25N5O4. The summed E-state index contributed by atoms with van der Waals surface area (Å²) in [6.45, 7) is 3.59. The monoisotopic (exact) mass is 423 g/mol. The summed E-state index contributed by atoms with van der Waals surface area (Å²) in [5, 5.41) is 5.30. The molecule has 0 bridgehead atoms. The van der Waals surface area contributed by atoms with Gasteiger partial charge in [0.15, 0.2) is 0 Å². The lowest BCUT2D eigenvalue weighted by Crippen LogP contribution is -2.51. The second kappa shape index (κ2) is 9.38. The van der Waals surface area contributed by atoms with Crippen molar-refractivity contribution in [3.63, 3.8) is 0 Å². The number of amides is 4. The normalized spacial score (nSPS) is 16.1. The van der Waals surface area contributed by atoms with E-state index in [0.29, 0.717) is 37.6 Å². The van der Waals surface area contributed by atoms with Gasteiger partial charge in [0.25, 0.3) is 0 Å². The molecule has 2 fully saturated rings. The first-order chi connectivity index (χ1) is 15.1. The van der Waals surface area contributed by atoms with Crippen LogP contribution in [-0.2, 0) is 9.53 Å². The maximum absolute atomic E-state index is 12.4. The molecule has 0 unspecified atom stereocenters. The van der Waals surface area contributed by atoms with Crippen LogP contribution in [0.15, 0.2) is 54.6 Å². The first kappa shape index (κ1) is 20.5. The largest absolute Gasteiger partial charge is 0.447 e. The third kappa shape index (κ3) is 5.06. The lowest BCUT2D eigenvalue weighted by atomic mass is 10.2. The number of piperazine rings is 1. The molecule has 0 saturated carbocycles. The van der Waals surface area contributed by atoms with Crippen LogP contribution < -0.4 is 20.4 Å². The fraction of sp³-hybridized carbons (Fsp3) is 0.318. The minimum atomic E-state index is -0.454. The zero-order chi connectivity index (χ0) is 21.6. The first-order valence-corrected chi connectivity index (χ1v) is 10.3. The Morgan fingerprint density at radius 3 is 2.23 bits per heavy atom. The fourth-order valence-corrected chi connectivity index (χ4v) is 3.65. The van der Waals surface area contributed by atoms with Crippen LogP contribution in [-0.4, -0.2) is 68.8 Å².